The molecule has 0 saturated heterocycles. The molecule has 0 aromatic heterocycles. The van der Waals surface area contributed by atoms with Crippen molar-refractivity contribution in [3.05, 3.63) is 12.2 Å². The molecule has 0 heterocycles. The molecule has 0 saturated carbocycles. The van der Waals surface area contributed by atoms with E-state index in [0.717, 1.165) is 5.92 Å². The van der Waals surface area contributed by atoms with Crippen molar-refractivity contribution in [2.75, 3.05) is 0 Å². The molecule has 0 bridgehead atoms. The minimum absolute atomic E-state index is 0.227. The van der Waals surface area contributed by atoms with Crippen LogP contribution in [0.3, 0.4) is 0 Å². The van der Waals surface area contributed by atoms with E-state index in [9.17, 15) is 4.79 Å². The molecule has 0 fully saturated rings. The summed E-state index contributed by atoms with van der Waals surface area (Å²) in [6.45, 7) is 12.6. The lowest BCUT2D eigenvalue weighted by molar-refractivity contribution is -0.121. The van der Waals surface area contributed by atoms with Gasteiger partial charge in [0.2, 0.25) is 0 Å². The highest BCUT2D eigenvalue weighted by molar-refractivity contribution is 5.93. The maximum atomic E-state index is 11.7. The van der Waals surface area contributed by atoms with Gasteiger partial charge in [-0.2, -0.15) is 0 Å². The maximum absolute atomic E-state index is 11.7. The van der Waals surface area contributed by atoms with Crippen molar-refractivity contribution in [1.82, 2.24) is 0 Å². The Bertz CT molecular complexity index is 245. The van der Waals surface area contributed by atoms with Crippen LogP contribution in [0.15, 0.2) is 12.2 Å². The minimum Gasteiger partial charge on any atom is -0.294 e. The summed E-state index contributed by atoms with van der Waals surface area (Å²) in [4.78, 5) is 11.7. The van der Waals surface area contributed by atoms with Crippen molar-refractivity contribution in [2.45, 2.75) is 67.2 Å². The Morgan fingerprint density at radius 3 is 2.29 bits per heavy atom. The first-order chi connectivity index (χ1) is 7.77. The van der Waals surface area contributed by atoms with Crippen LogP contribution in [-0.4, -0.2) is 5.78 Å². The zero-order valence-electron chi connectivity index (χ0n) is 12.5. The summed E-state index contributed by atoms with van der Waals surface area (Å²) in [5.74, 6) is 1.50. The molecule has 0 radical (unpaired) electrons. The molecular formula is C16H30O. The smallest absolute Gasteiger partial charge is 0.160 e. The number of rotatable bonds is 7. The van der Waals surface area contributed by atoms with Gasteiger partial charge in [-0.05, 0) is 24.3 Å². The second-order valence-electron chi connectivity index (χ2n) is 6.43. The number of unbranched alkanes of at least 4 members (excludes halogenated alkanes) is 1. The van der Waals surface area contributed by atoms with Crippen LogP contribution in [0.2, 0.25) is 0 Å². The van der Waals surface area contributed by atoms with Crippen LogP contribution < -0.4 is 0 Å². The third-order valence-electron chi connectivity index (χ3n) is 3.14. The van der Waals surface area contributed by atoms with Crippen molar-refractivity contribution in [1.29, 1.82) is 0 Å². The lowest BCUT2D eigenvalue weighted by Crippen LogP contribution is -2.17. The average molecular weight is 238 g/mol. The number of ketones is 1. The molecule has 0 rings (SSSR count). The van der Waals surface area contributed by atoms with Crippen molar-refractivity contribution in [3.8, 4) is 0 Å². The Morgan fingerprint density at radius 2 is 1.82 bits per heavy atom. The SMILES string of the molecule is CCCCC(C)CC(C)/C=C/C(=O)C(C)(C)C. The van der Waals surface area contributed by atoms with Gasteiger partial charge in [0, 0.05) is 5.41 Å². The minimum atomic E-state index is -0.246. The lowest BCUT2D eigenvalue weighted by Gasteiger charge is -2.16. The van der Waals surface area contributed by atoms with Gasteiger partial charge in [0.25, 0.3) is 0 Å². The number of carbonyl (C=O) groups excluding carboxylic acids is 1. The van der Waals surface area contributed by atoms with Gasteiger partial charge in [0.05, 0.1) is 0 Å². The fourth-order valence-corrected chi connectivity index (χ4v) is 1.89. The van der Waals surface area contributed by atoms with Crippen LogP contribution >= 0.6 is 0 Å². The molecule has 0 aliphatic rings. The van der Waals surface area contributed by atoms with E-state index in [1.165, 1.54) is 25.7 Å². The summed E-state index contributed by atoms with van der Waals surface area (Å²) in [7, 11) is 0. The van der Waals surface area contributed by atoms with Crippen LogP contribution in [0, 0.1) is 17.3 Å². The first-order valence-corrected chi connectivity index (χ1v) is 7.00. The van der Waals surface area contributed by atoms with Crippen LogP contribution in [0.4, 0.5) is 0 Å². The van der Waals surface area contributed by atoms with Gasteiger partial charge in [-0.1, -0.05) is 66.9 Å². The molecule has 2 atom stereocenters. The normalized spacial score (nSPS) is 16.1. The molecule has 100 valence electrons. The van der Waals surface area contributed by atoms with Gasteiger partial charge in [0.1, 0.15) is 0 Å². The van der Waals surface area contributed by atoms with E-state index >= 15 is 0 Å². The van der Waals surface area contributed by atoms with E-state index in [-0.39, 0.29) is 11.2 Å². The third kappa shape index (κ3) is 8.18. The molecule has 0 N–H and O–H groups in total. The molecule has 0 aliphatic carbocycles. The zero-order chi connectivity index (χ0) is 13.5. The molecular weight excluding hydrogens is 208 g/mol. The molecule has 0 aromatic rings. The van der Waals surface area contributed by atoms with E-state index in [4.69, 9.17) is 0 Å². The number of carbonyl (C=O) groups is 1. The van der Waals surface area contributed by atoms with Crippen molar-refractivity contribution >= 4 is 5.78 Å². The van der Waals surface area contributed by atoms with Gasteiger partial charge in [-0.15, -0.1) is 0 Å². The van der Waals surface area contributed by atoms with Gasteiger partial charge >= 0.3 is 0 Å². The molecule has 2 unspecified atom stereocenters. The Morgan fingerprint density at radius 1 is 1.24 bits per heavy atom. The van der Waals surface area contributed by atoms with Crippen LogP contribution in [-0.2, 0) is 4.79 Å². The fourth-order valence-electron chi connectivity index (χ4n) is 1.89. The maximum Gasteiger partial charge on any atom is 0.160 e. The number of hydrogen-bond acceptors (Lipinski definition) is 1. The fraction of sp³-hybridized carbons (Fsp3) is 0.812. The summed E-state index contributed by atoms with van der Waals surface area (Å²) in [5, 5.41) is 0. The van der Waals surface area contributed by atoms with Crippen LogP contribution in [0.5, 0.6) is 0 Å². The summed E-state index contributed by atoms with van der Waals surface area (Å²) in [5.41, 5.74) is -0.246. The highest BCUT2D eigenvalue weighted by Gasteiger charge is 2.18. The predicted molar refractivity (Wildman–Crippen MR) is 76.1 cm³/mol. The van der Waals surface area contributed by atoms with E-state index in [1.54, 1.807) is 6.08 Å². The Labute approximate surface area is 108 Å². The summed E-state index contributed by atoms with van der Waals surface area (Å²) < 4.78 is 0. The molecule has 0 aliphatic heterocycles. The molecule has 1 heteroatoms. The number of allylic oxidation sites excluding steroid dienone is 2. The highest BCUT2D eigenvalue weighted by atomic mass is 16.1. The molecule has 0 spiro atoms. The second kappa shape index (κ2) is 7.68. The topological polar surface area (TPSA) is 17.1 Å². The Hall–Kier alpha value is -0.590. The standard InChI is InChI=1S/C16H30O/c1-7-8-9-13(2)12-14(3)10-11-15(17)16(4,5)6/h10-11,13-14H,7-9,12H2,1-6H3/b11-10+. The van der Waals surface area contributed by atoms with E-state index in [1.807, 2.05) is 20.8 Å². The van der Waals surface area contributed by atoms with Gasteiger partial charge in [-0.3, -0.25) is 4.79 Å². The summed E-state index contributed by atoms with van der Waals surface area (Å²) >= 11 is 0. The lowest BCUT2D eigenvalue weighted by atomic mass is 9.88. The Kier molecular flexibility index (Phi) is 7.41. The molecule has 17 heavy (non-hydrogen) atoms. The summed E-state index contributed by atoms with van der Waals surface area (Å²) in [6.07, 6.45) is 8.94. The monoisotopic (exact) mass is 238 g/mol. The van der Waals surface area contributed by atoms with Crippen molar-refractivity contribution < 1.29 is 4.79 Å². The third-order valence-corrected chi connectivity index (χ3v) is 3.14. The Balaban J connectivity index is 4.05. The zero-order valence-corrected chi connectivity index (χ0v) is 12.5. The molecule has 1 nitrogen and oxygen atoms in total. The van der Waals surface area contributed by atoms with E-state index in [2.05, 4.69) is 26.8 Å². The number of hydrogen-bond donors (Lipinski definition) is 0. The molecule has 0 amide bonds. The van der Waals surface area contributed by atoms with Crippen LogP contribution in [0.25, 0.3) is 0 Å². The first kappa shape index (κ1) is 16.4. The predicted octanol–water partition coefficient (Wildman–Crippen LogP) is 5.01. The average Bonchev–Trinajstić information content (AvgIpc) is 2.21. The second-order valence-corrected chi connectivity index (χ2v) is 6.43. The van der Waals surface area contributed by atoms with Crippen molar-refractivity contribution in [3.63, 3.8) is 0 Å². The van der Waals surface area contributed by atoms with Gasteiger partial charge in [0.15, 0.2) is 5.78 Å². The van der Waals surface area contributed by atoms with E-state index in [0.29, 0.717) is 5.92 Å². The highest BCUT2D eigenvalue weighted by Crippen LogP contribution is 2.20. The van der Waals surface area contributed by atoms with Crippen LogP contribution in [0.1, 0.15) is 67.2 Å². The van der Waals surface area contributed by atoms with Gasteiger partial charge < -0.3 is 0 Å². The summed E-state index contributed by atoms with van der Waals surface area (Å²) in [6, 6.07) is 0. The first-order valence-electron chi connectivity index (χ1n) is 7.00. The largest absolute Gasteiger partial charge is 0.294 e. The molecule has 0 aromatic carbocycles. The van der Waals surface area contributed by atoms with Crippen molar-refractivity contribution in [2.24, 2.45) is 17.3 Å². The van der Waals surface area contributed by atoms with E-state index < -0.39 is 0 Å². The quantitative estimate of drug-likeness (QED) is 0.570. The van der Waals surface area contributed by atoms with Gasteiger partial charge in [-0.25, -0.2) is 0 Å².